The number of aryl methyl sites for hydroxylation is 1. The molecule has 0 saturated heterocycles. The van der Waals surface area contributed by atoms with Gasteiger partial charge in [-0.2, -0.15) is 0 Å². The van der Waals surface area contributed by atoms with Crippen LogP contribution >= 0.6 is 11.6 Å². The molecule has 4 nitrogen and oxygen atoms in total. The Morgan fingerprint density at radius 1 is 1.24 bits per heavy atom. The van der Waals surface area contributed by atoms with Crippen LogP contribution in [0.15, 0.2) is 42.6 Å². The Labute approximate surface area is 127 Å². The molecule has 2 heterocycles. The summed E-state index contributed by atoms with van der Waals surface area (Å²) in [6, 6.07) is 11.3. The van der Waals surface area contributed by atoms with Gasteiger partial charge in [0.25, 0.3) is 0 Å². The molecule has 5 heteroatoms. The van der Waals surface area contributed by atoms with Gasteiger partial charge in [0.2, 0.25) is 5.88 Å². The maximum absolute atomic E-state index is 9.24. The second-order valence-electron chi connectivity index (χ2n) is 4.65. The molecular formula is C16H13ClN2O2. The molecule has 3 rings (SSSR count). The van der Waals surface area contributed by atoms with Crippen molar-refractivity contribution in [3.8, 4) is 11.6 Å². The van der Waals surface area contributed by atoms with Crippen molar-refractivity contribution in [2.45, 2.75) is 13.5 Å². The fraction of sp³-hybridized carbons (Fsp3) is 0.125. The highest BCUT2D eigenvalue weighted by molar-refractivity contribution is 6.31. The van der Waals surface area contributed by atoms with E-state index >= 15 is 0 Å². The van der Waals surface area contributed by atoms with Crippen LogP contribution in [0.2, 0.25) is 5.02 Å². The monoisotopic (exact) mass is 300 g/mol. The van der Waals surface area contributed by atoms with Gasteiger partial charge in [-0.1, -0.05) is 29.8 Å². The lowest BCUT2D eigenvalue weighted by Crippen LogP contribution is -1.94. The first-order valence-electron chi connectivity index (χ1n) is 6.47. The molecule has 3 aromatic rings. The predicted octanol–water partition coefficient (Wildman–Crippen LogP) is 3.88. The van der Waals surface area contributed by atoms with E-state index in [1.54, 1.807) is 6.07 Å². The van der Waals surface area contributed by atoms with Crippen molar-refractivity contribution in [3.05, 3.63) is 58.9 Å². The lowest BCUT2D eigenvalue weighted by atomic mass is 10.2. The maximum Gasteiger partial charge on any atom is 0.219 e. The second-order valence-corrected chi connectivity index (χ2v) is 5.06. The van der Waals surface area contributed by atoms with E-state index in [1.807, 2.05) is 37.3 Å². The quantitative estimate of drug-likeness (QED) is 0.797. The molecular weight excluding hydrogens is 288 g/mol. The number of benzene rings is 1. The van der Waals surface area contributed by atoms with E-state index in [1.165, 1.54) is 6.20 Å². The Kier molecular flexibility index (Phi) is 3.73. The summed E-state index contributed by atoms with van der Waals surface area (Å²) in [5.74, 6) is 0.995. The number of fused-ring (bicyclic) bond motifs is 1. The number of aliphatic hydroxyl groups excluding tert-OH is 1. The largest absolute Gasteiger partial charge is 0.437 e. The summed E-state index contributed by atoms with van der Waals surface area (Å²) in [6.45, 7) is 1.77. The third-order valence-corrected chi connectivity index (χ3v) is 3.46. The number of hydrogen-bond donors (Lipinski definition) is 1. The number of hydrogen-bond acceptors (Lipinski definition) is 4. The highest BCUT2D eigenvalue weighted by Crippen LogP contribution is 2.29. The van der Waals surface area contributed by atoms with Crippen LogP contribution in [0.5, 0.6) is 11.6 Å². The van der Waals surface area contributed by atoms with Crippen LogP contribution in [-0.4, -0.2) is 15.1 Å². The van der Waals surface area contributed by atoms with E-state index in [0.29, 0.717) is 22.2 Å². The van der Waals surface area contributed by atoms with Crippen molar-refractivity contribution in [1.82, 2.24) is 9.97 Å². The molecule has 0 aliphatic rings. The smallest absolute Gasteiger partial charge is 0.219 e. The van der Waals surface area contributed by atoms with E-state index < -0.39 is 0 Å². The fourth-order valence-corrected chi connectivity index (χ4v) is 2.21. The summed E-state index contributed by atoms with van der Waals surface area (Å²) in [4.78, 5) is 8.62. The van der Waals surface area contributed by atoms with Gasteiger partial charge in [-0.15, -0.1) is 0 Å². The number of aliphatic hydroxyl groups is 1. The predicted molar refractivity (Wildman–Crippen MR) is 81.7 cm³/mol. The van der Waals surface area contributed by atoms with Crippen LogP contribution in [0.3, 0.4) is 0 Å². The van der Waals surface area contributed by atoms with Gasteiger partial charge in [-0.05, 0) is 19.1 Å². The van der Waals surface area contributed by atoms with Crippen molar-refractivity contribution in [3.63, 3.8) is 0 Å². The number of para-hydroxylation sites is 1. The fourth-order valence-electron chi connectivity index (χ4n) is 2.05. The van der Waals surface area contributed by atoms with Crippen LogP contribution < -0.4 is 4.74 Å². The van der Waals surface area contributed by atoms with Crippen molar-refractivity contribution in [2.75, 3.05) is 0 Å². The zero-order valence-electron chi connectivity index (χ0n) is 11.4. The zero-order valence-corrected chi connectivity index (χ0v) is 12.1. The Hall–Kier alpha value is -2.17. The third kappa shape index (κ3) is 2.82. The van der Waals surface area contributed by atoms with E-state index in [-0.39, 0.29) is 6.61 Å². The second kappa shape index (κ2) is 5.68. The Bertz CT molecular complexity index is 805. The van der Waals surface area contributed by atoms with Crippen LogP contribution in [0, 0.1) is 6.92 Å². The molecule has 0 aliphatic heterocycles. The minimum Gasteiger partial charge on any atom is -0.437 e. The number of halogens is 1. The first kappa shape index (κ1) is 13.8. The molecule has 0 aliphatic carbocycles. The van der Waals surface area contributed by atoms with Gasteiger partial charge in [0, 0.05) is 28.9 Å². The molecule has 0 saturated carbocycles. The molecule has 0 radical (unpaired) electrons. The Balaban J connectivity index is 2.03. The number of rotatable bonds is 3. The van der Waals surface area contributed by atoms with Crippen molar-refractivity contribution >= 4 is 22.5 Å². The Morgan fingerprint density at radius 2 is 2.10 bits per heavy atom. The minimum atomic E-state index is -0.162. The molecule has 0 bridgehead atoms. The standard InChI is InChI=1S/C16H13ClN2O2/c1-10-5-6-11-3-2-4-14(16(11)19-10)21-15-7-12(9-20)13(17)8-18-15/h2-8,20H,9H2,1H3. The SMILES string of the molecule is Cc1ccc2cccc(Oc3cc(CO)c(Cl)cn3)c2n1. The molecule has 0 fully saturated rings. The van der Waals surface area contributed by atoms with Crippen molar-refractivity contribution in [1.29, 1.82) is 0 Å². The normalized spacial score (nSPS) is 10.8. The van der Waals surface area contributed by atoms with E-state index in [2.05, 4.69) is 9.97 Å². The average Bonchev–Trinajstić information content (AvgIpc) is 2.50. The van der Waals surface area contributed by atoms with E-state index in [9.17, 15) is 5.11 Å². The highest BCUT2D eigenvalue weighted by Gasteiger charge is 2.08. The highest BCUT2D eigenvalue weighted by atomic mass is 35.5. The van der Waals surface area contributed by atoms with E-state index in [4.69, 9.17) is 16.3 Å². The van der Waals surface area contributed by atoms with Gasteiger partial charge < -0.3 is 9.84 Å². The summed E-state index contributed by atoms with van der Waals surface area (Å²) >= 11 is 5.92. The minimum absolute atomic E-state index is 0.162. The van der Waals surface area contributed by atoms with Crippen LogP contribution in [0.25, 0.3) is 10.9 Å². The molecule has 1 N–H and O–H groups in total. The zero-order chi connectivity index (χ0) is 14.8. The first-order chi connectivity index (χ1) is 10.2. The number of pyridine rings is 2. The van der Waals surface area contributed by atoms with Gasteiger partial charge in [0.05, 0.1) is 11.6 Å². The average molecular weight is 301 g/mol. The molecule has 2 aromatic heterocycles. The molecule has 1 aromatic carbocycles. The Morgan fingerprint density at radius 3 is 2.90 bits per heavy atom. The van der Waals surface area contributed by atoms with Crippen molar-refractivity contribution in [2.24, 2.45) is 0 Å². The lowest BCUT2D eigenvalue weighted by molar-refractivity contribution is 0.281. The molecule has 0 unspecified atom stereocenters. The summed E-state index contributed by atoms with van der Waals surface area (Å²) in [7, 11) is 0. The third-order valence-electron chi connectivity index (χ3n) is 3.12. The van der Waals surface area contributed by atoms with Gasteiger partial charge in [0.1, 0.15) is 5.52 Å². The number of ether oxygens (including phenoxy) is 1. The summed E-state index contributed by atoms with van der Waals surface area (Å²) in [5, 5.41) is 10.6. The molecule has 0 atom stereocenters. The lowest BCUT2D eigenvalue weighted by Gasteiger charge is -2.09. The number of aromatic nitrogens is 2. The van der Waals surface area contributed by atoms with Gasteiger partial charge in [-0.3, -0.25) is 0 Å². The molecule has 21 heavy (non-hydrogen) atoms. The van der Waals surface area contributed by atoms with E-state index in [0.717, 1.165) is 16.6 Å². The summed E-state index contributed by atoms with van der Waals surface area (Å²) in [5.41, 5.74) is 2.27. The molecule has 0 amide bonds. The van der Waals surface area contributed by atoms with Crippen LogP contribution in [-0.2, 0) is 6.61 Å². The van der Waals surface area contributed by atoms with Crippen LogP contribution in [0.4, 0.5) is 0 Å². The molecule has 106 valence electrons. The summed E-state index contributed by atoms with van der Waals surface area (Å²) < 4.78 is 5.80. The summed E-state index contributed by atoms with van der Waals surface area (Å²) in [6.07, 6.45) is 1.46. The van der Waals surface area contributed by atoms with Crippen molar-refractivity contribution < 1.29 is 9.84 Å². The first-order valence-corrected chi connectivity index (χ1v) is 6.84. The van der Waals surface area contributed by atoms with Gasteiger partial charge in [0.15, 0.2) is 5.75 Å². The van der Waals surface area contributed by atoms with Crippen LogP contribution in [0.1, 0.15) is 11.3 Å². The number of nitrogens with zero attached hydrogens (tertiary/aromatic N) is 2. The topological polar surface area (TPSA) is 55.2 Å². The van der Waals surface area contributed by atoms with Gasteiger partial charge >= 0.3 is 0 Å². The maximum atomic E-state index is 9.24. The molecule has 0 spiro atoms. The van der Waals surface area contributed by atoms with Gasteiger partial charge in [-0.25, -0.2) is 9.97 Å².